The predicted octanol–water partition coefficient (Wildman–Crippen LogP) is 9.16. The maximum absolute atomic E-state index is 3.24. The van der Waals surface area contributed by atoms with Crippen molar-refractivity contribution in [3.63, 3.8) is 0 Å². The molecule has 2 aliphatic carbocycles. The van der Waals surface area contributed by atoms with Gasteiger partial charge in [-0.25, -0.2) is 0 Å². The van der Waals surface area contributed by atoms with E-state index in [0.29, 0.717) is 0 Å². The number of rotatable bonds is 12. The molecule has 30 heavy (non-hydrogen) atoms. The molecule has 3 heteroatoms. The number of benzene rings is 1. The van der Waals surface area contributed by atoms with E-state index in [1.54, 1.807) is 5.56 Å². The number of anilines is 1. The molecule has 1 N–H and O–H groups in total. The molecule has 170 valence electrons. The van der Waals surface area contributed by atoms with Crippen molar-refractivity contribution in [3.05, 3.63) is 29.8 Å². The van der Waals surface area contributed by atoms with Crippen molar-refractivity contribution >= 4 is 27.3 Å². The Bertz CT molecular complexity index is 557. The molecule has 0 amide bonds. The van der Waals surface area contributed by atoms with Crippen LogP contribution in [0.2, 0.25) is 0 Å². The topological polar surface area (TPSA) is 12.0 Å². The predicted molar refractivity (Wildman–Crippen MR) is 140 cm³/mol. The lowest BCUT2D eigenvalue weighted by Gasteiger charge is -2.38. The Morgan fingerprint density at radius 1 is 0.767 bits per heavy atom. The summed E-state index contributed by atoms with van der Waals surface area (Å²) in [7, 11) is 5.94. The molecule has 0 atom stereocenters. The average Bonchev–Trinajstić information content (AvgIpc) is 2.81. The summed E-state index contributed by atoms with van der Waals surface area (Å²) in [6, 6.07) is 9.19. The Labute approximate surface area is 194 Å². The second-order valence-electron chi connectivity index (χ2n) is 9.81. The van der Waals surface area contributed by atoms with E-state index in [4.69, 9.17) is 0 Å². The third kappa shape index (κ3) is 8.01. The first-order valence-electron chi connectivity index (χ1n) is 12.7. The zero-order valence-electron chi connectivity index (χ0n) is 19.5. The maximum atomic E-state index is 3.24. The summed E-state index contributed by atoms with van der Waals surface area (Å²) >= 11 is 0. The van der Waals surface area contributed by atoms with Gasteiger partial charge >= 0.3 is 0 Å². The van der Waals surface area contributed by atoms with Gasteiger partial charge in [-0.1, -0.05) is 78.7 Å². The molecule has 0 heterocycles. The van der Waals surface area contributed by atoms with Gasteiger partial charge in [-0.05, 0) is 92.6 Å². The zero-order chi connectivity index (χ0) is 21.0. The third-order valence-corrected chi connectivity index (χ3v) is 9.86. The molecule has 0 unspecified atom stereocenters. The van der Waals surface area contributed by atoms with Crippen molar-refractivity contribution in [2.24, 2.45) is 17.8 Å². The summed E-state index contributed by atoms with van der Waals surface area (Å²) in [5.74, 6) is 5.27. The van der Waals surface area contributed by atoms with E-state index >= 15 is 0 Å². The Hall–Kier alpha value is -0.280. The second-order valence-corrected chi connectivity index (χ2v) is 12.5. The molecule has 2 fully saturated rings. The van der Waals surface area contributed by atoms with Gasteiger partial charge in [0.15, 0.2) is 0 Å². The van der Waals surface area contributed by atoms with Gasteiger partial charge in [0, 0.05) is 18.5 Å². The van der Waals surface area contributed by atoms with E-state index in [0.717, 1.165) is 23.7 Å². The lowest BCUT2D eigenvalue weighted by molar-refractivity contribution is 0.155. The highest BCUT2D eigenvalue weighted by molar-refractivity contribution is 8.76. The lowest BCUT2D eigenvalue weighted by atomic mass is 9.68. The molecule has 3 rings (SSSR count). The minimum Gasteiger partial charge on any atom is -0.388 e. The molecule has 1 aromatic rings. The average molecular weight is 448 g/mol. The van der Waals surface area contributed by atoms with Crippen LogP contribution in [-0.4, -0.2) is 19.1 Å². The van der Waals surface area contributed by atoms with Crippen molar-refractivity contribution < 1.29 is 0 Å². The highest BCUT2D eigenvalue weighted by atomic mass is 33.1. The van der Waals surface area contributed by atoms with Gasteiger partial charge < -0.3 is 5.32 Å². The van der Waals surface area contributed by atoms with Crippen LogP contribution in [0.3, 0.4) is 0 Å². The molecule has 1 aromatic carbocycles. The van der Waals surface area contributed by atoms with E-state index < -0.39 is 0 Å². The Balaban J connectivity index is 1.26. The first-order chi connectivity index (χ1) is 14.8. The first kappa shape index (κ1) is 24.4. The van der Waals surface area contributed by atoms with Crippen LogP contribution in [0.5, 0.6) is 0 Å². The minimum absolute atomic E-state index is 0.808. The van der Waals surface area contributed by atoms with Crippen molar-refractivity contribution in [2.45, 2.75) is 95.8 Å². The van der Waals surface area contributed by atoms with Crippen LogP contribution in [0, 0.1) is 17.8 Å². The molecular formula is C27H45NS2. The SMILES string of the molecule is CNc1ccc(C2CCC(C3CCC(CCCCCCCSSC)CC3)CC2)cc1. The van der Waals surface area contributed by atoms with E-state index in [2.05, 4.69) is 35.8 Å². The van der Waals surface area contributed by atoms with Crippen LogP contribution in [0.4, 0.5) is 5.69 Å². The molecule has 0 aromatic heterocycles. The number of unbranched alkanes of at least 4 members (excludes halogenated alkanes) is 4. The fraction of sp³-hybridized carbons (Fsp3) is 0.778. The highest BCUT2D eigenvalue weighted by Crippen LogP contribution is 2.44. The van der Waals surface area contributed by atoms with E-state index in [9.17, 15) is 0 Å². The molecule has 0 bridgehead atoms. The smallest absolute Gasteiger partial charge is 0.0337 e. The van der Waals surface area contributed by atoms with Gasteiger partial charge in [0.2, 0.25) is 0 Å². The summed E-state index contributed by atoms with van der Waals surface area (Å²) in [4.78, 5) is 0. The second kappa shape index (κ2) is 14.0. The Kier molecular flexibility index (Phi) is 11.4. The molecular weight excluding hydrogens is 402 g/mol. The number of hydrogen-bond acceptors (Lipinski definition) is 3. The zero-order valence-corrected chi connectivity index (χ0v) is 21.2. The summed E-state index contributed by atoms with van der Waals surface area (Å²) in [6.07, 6.45) is 22.9. The Morgan fingerprint density at radius 3 is 2.00 bits per heavy atom. The van der Waals surface area contributed by atoms with Crippen molar-refractivity contribution in [1.82, 2.24) is 0 Å². The lowest BCUT2D eigenvalue weighted by Crippen LogP contribution is -2.25. The molecule has 0 spiro atoms. The molecule has 0 saturated heterocycles. The summed E-state index contributed by atoms with van der Waals surface area (Å²) in [5.41, 5.74) is 2.80. The van der Waals surface area contributed by atoms with Gasteiger partial charge in [-0.15, -0.1) is 0 Å². The van der Waals surface area contributed by atoms with Gasteiger partial charge in [-0.2, -0.15) is 0 Å². The highest BCUT2D eigenvalue weighted by Gasteiger charge is 2.31. The van der Waals surface area contributed by atoms with Crippen molar-refractivity contribution in [2.75, 3.05) is 24.4 Å². The van der Waals surface area contributed by atoms with Gasteiger partial charge in [0.1, 0.15) is 0 Å². The summed E-state index contributed by atoms with van der Waals surface area (Å²) in [6.45, 7) is 0. The monoisotopic (exact) mass is 447 g/mol. The van der Waals surface area contributed by atoms with Crippen LogP contribution in [-0.2, 0) is 0 Å². The normalized spacial score (nSPS) is 27.1. The van der Waals surface area contributed by atoms with Crippen LogP contribution in [0.15, 0.2) is 24.3 Å². The number of hydrogen-bond donors (Lipinski definition) is 1. The Morgan fingerprint density at radius 2 is 1.37 bits per heavy atom. The van der Waals surface area contributed by atoms with Crippen LogP contribution in [0.25, 0.3) is 0 Å². The van der Waals surface area contributed by atoms with Crippen LogP contribution >= 0.6 is 21.6 Å². The standard InChI is InChI=1S/C27H45NS2/c1-28-27-19-17-26(18-20-27)25-15-13-24(14-16-25)23-11-9-22(10-12-23)8-6-4-3-5-7-21-30-29-2/h17-20,22-25,28H,3-16,21H2,1-2H3. The fourth-order valence-corrected chi connectivity index (χ4v) is 7.34. The quantitative estimate of drug-likeness (QED) is 0.253. The van der Waals surface area contributed by atoms with E-state index in [1.807, 2.05) is 28.6 Å². The fourth-order valence-electron chi connectivity index (χ4n) is 6.00. The molecule has 0 radical (unpaired) electrons. The molecule has 2 aliphatic rings. The molecule has 2 saturated carbocycles. The van der Waals surface area contributed by atoms with Gasteiger partial charge in [0.25, 0.3) is 0 Å². The summed E-state index contributed by atoms with van der Waals surface area (Å²) in [5, 5.41) is 3.24. The largest absolute Gasteiger partial charge is 0.388 e. The van der Waals surface area contributed by atoms with Crippen molar-refractivity contribution in [3.8, 4) is 0 Å². The minimum atomic E-state index is 0.808. The molecule has 1 nitrogen and oxygen atoms in total. The van der Waals surface area contributed by atoms with Crippen LogP contribution < -0.4 is 5.32 Å². The summed E-state index contributed by atoms with van der Waals surface area (Å²) < 4.78 is 0. The van der Waals surface area contributed by atoms with E-state index in [1.165, 1.54) is 101 Å². The third-order valence-electron chi connectivity index (χ3n) is 7.96. The van der Waals surface area contributed by atoms with Crippen molar-refractivity contribution in [1.29, 1.82) is 0 Å². The first-order valence-corrected chi connectivity index (χ1v) is 15.5. The number of nitrogens with one attached hydrogen (secondary N) is 1. The van der Waals surface area contributed by atoms with E-state index in [-0.39, 0.29) is 0 Å². The van der Waals surface area contributed by atoms with Gasteiger partial charge in [-0.3, -0.25) is 0 Å². The molecule has 0 aliphatic heterocycles. The van der Waals surface area contributed by atoms with Crippen LogP contribution in [0.1, 0.15) is 101 Å². The van der Waals surface area contributed by atoms with Gasteiger partial charge in [0.05, 0.1) is 0 Å². The maximum Gasteiger partial charge on any atom is 0.0337 e.